The maximum atomic E-state index is 12.1. The van der Waals surface area contributed by atoms with Crippen LogP contribution in [0.5, 0.6) is 0 Å². The van der Waals surface area contributed by atoms with Crippen molar-refractivity contribution in [2.75, 3.05) is 12.3 Å². The summed E-state index contributed by atoms with van der Waals surface area (Å²) in [6.45, 7) is 1.59. The first-order valence-corrected chi connectivity index (χ1v) is 10.8. The molecule has 0 unspecified atom stereocenters. The predicted octanol–water partition coefficient (Wildman–Crippen LogP) is 3.07. The van der Waals surface area contributed by atoms with Gasteiger partial charge in [-0.05, 0) is 25.0 Å². The maximum Gasteiger partial charge on any atom is 0.230 e. The maximum absolute atomic E-state index is 12.1. The van der Waals surface area contributed by atoms with Gasteiger partial charge in [-0.1, -0.05) is 30.3 Å². The molecule has 0 radical (unpaired) electrons. The van der Waals surface area contributed by atoms with Gasteiger partial charge in [0.25, 0.3) is 0 Å². The number of hydrogen-bond acceptors (Lipinski definition) is 6. The Kier molecular flexibility index (Phi) is 5.50. The lowest BCUT2D eigenvalue weighted by molar-refractivity contribution is -0.118. The Morgan fingerprint density at radius 1 is 1.23 bits per heavy atom. The lowest BCUT2D eigenvalue weighted by Crippen LogP contribution is -2.28. The zero-order valence-electron chi connectivity index (χ0n) is 14.5. The highest BCUT2D eigenvalue weighted by Crippen LogP contribution is 2.29. The predicted molar refractivity (Wildman–Crippen MR) is 105 cm³/mol. The number of fused-ring (bicyclic) bond motifs is 2. The van der Waals surface area contributed by atoms with Gasteiger partial charge in [0.15, 0.2) is 4.34 Å². The molecular weight excluding hydrogens is 366 g/mol. The minimum Gasteiger partial charge on any atom is -0.355 e. The molecule has 3 heterocycles. The van der Waals surface area contributed by atoms with E-state index in [2.05, 4.69) is 31.1 Å². The summed E-state index contributed by atoms with van der Waals surface area (Å²) in [5.41, 5.74) is 0.993. The van der Waals surface area contributed by atoms with Crippen LogP contribution >= 0.6 is 23.1 Å². The lowest BCUT2D eigenvalue weighted by Gasteiger charge is -2.07. The van der Waals surface area contributed by atoms with Crippen LogP contribution in [0.2, 0.25) is 0 Å². The van der Waals surface area contributed by atoms with Crippen molar-refractivity contribution in [3.63, 3.8) is 0 Å². The van der Waals surface area contributed by atoms with E-state index in [1.807, 2.05) is 18.2 Å². The summed E-state index contributed by atoms with van der Waals surface area (Å²) in [5, 5.41) is 11.6. The Morgan fingerprint density at radius 2 is 2.15 bits per heavy atom. The Morgan fingerprint density at radius 3 is 3.08 bits per heavy atom. The number of hydrogen-bond donors (Lipinski definition) is 1. The molecule has 2 aromatic heterocycles. The van der Waals surface area contributed by atoms with Crippen LogP contribution in [0, 0.1) is 0 Å². The van der Waals surface area contributed by atoms with Gasteiger partial charge in [0.2, 0.25) is 5.91 Å². The van der Waals surface area contributed by atoms with Crippen LogP contribution in [-0.4, -0.2) is 38.0 Å². The van der Waals surface area contributed by atoms with Crippen LogP contribution in [0.4, 0.5) is 0 Å². The quantitative estimate of drug-likeness (QED) is 0.658. The van der Waals surface area contributed by atoms with Crippen LogP contribution in [0.25, 0.3) is 10.2 Å². The Balaban J connectivity index is 1.25. The van der Waals surface area contributed by atoms with Gasteiger partial charge in [-0.3, -0.25) is 4.79 Å². The minimum absolute atomic E-state index is 0.0323. The molecule has 1 aliphatic heterocycles. The summed E-state index contributed by atoms with van der Waals surface area (Å²) in [6.07, 6.45) is 5.37. The average Bonchev–Trinajstić information content (AvgIpc) is 3.16. The van der Waals surface area contributed by atoms with Crippen molar-refractivity contribution in [2.24, 2.45) is 0 Å². The van der Waals surface area contributed by atoms with Gasteiger partial charge < -0.3 is 9.88 Å². The van der Waals surface area contributed by atoms with Crippen LogP contribution in [0.3, 0.4) is 0 Å². The second kappa shape index (κ2) is 8.18. The van der Waals surface area contributed by atoms with Crippen molar-refractivity contribution in [2.45, 2.75) is 43.0 Å². The monoisotopic (exact) mass is 387 g/mol. The fourth-order valence-corrected chi connectivity index (χ4v) is 5.03. The van der Waals surface area contributed by atoms with Gasteiger partial charge in [-0.2, -0.15) is 0 Å². The number of para-hydroxylation sites is 1. The molecule has 6 nitrogen and oxygen atoms in total. The van der Waals surface area contributed by atoms with E-state index in [0.29, 0.717) is 12.3 Å². The van der Waals surface area contributed by atoms with Crippen molar-refractivity contribution in [3.05, 3.63) is 35.9 Å². The molecule has 136 valence electrons. The Labute approximate surface area is 160 Å². The van der Waals surface area contributed by atoms with Gasteiger partial charge in [-0.25, -0.2) is 4.98 Å². The third-order valence-corrected chi connectivity index (χ3v) is 6.64. The van der Waals surface area contributed by atoms with Crippen molar-refractivity contribution in [1.29, 1.82) is 0 Å². The largest absolute Gasteiger partial charge is 0.355 e. The molecule has 0 fully saturated rings. The number of nitrogens with zero attached hydrogens (tertiary/aromatic N) is 4. The highest BCUT2D eigenvalue weighted by Gasteiger charge is 2.14. The summed E-state index contributed by atoms with van der Waals surface area (Å²) in [6, 6.07) is 8.04. The summed E-state index contributed by atoms with van der Waals surface area (Å²) >= 11 is 3.12. The Bertz CT molecular complexity index is 871. The molecule has 1 amide bonds. The van der Waals surface area contributed by atoms with Gasteiger partial charge in [0, 0.05) is 25.9 Å². The van der Waals surface area contributed by atoms with E-state index in [1.54, 1.807) is 11.3 Å². The van der Waals surface area contributed by atoms with E-state index in [1.165, 1.54) is 31.0 Å². The molecule has 0 saturated heterocycles. The van der Waals surface area contributed by atoms with Crippen molar-refractivity contribution in [3.8, 4) is 0 Å². The van der Waals surface area contributed by atoms with Crippen LogP contribution in [0.1, 0.15) is 30.9 Å². The Hall–Kier alpha value is -1.93. The summed E-state index contributed by atoms with van der Waals surface area (Å²) in [7, 11) is 0. The van der Waals surface area contributed by atoms with E-state index < -0.39 is 0 Å². The van der Waals surface area contributed by atoms with Gasteiger partial charge >= 0.3 is 0 Å². The second-order valence-electron chi connectivity index (χ2n) is 6.33. The number of thioether (sulfide) groups is 1. The van der Waals surface area contributed by atoms with E-state index in [-0.39, 0.29) is 5.91 Å². The second-order valence-corrected chi connectivity index (χ2v) is 8.58. The third kappa shape index (κ3) is 4.07. The molecule has 0 spiro atoms. The van der Waals surface area contributed by atoms with Crippen LogP contribution in [0.15, 0.2) is 28.6 Å². The lowest BCUT2D eigenvalue weighted by atomic mass is 10.2. The zero-order valence-corrected chi connectivity index (χ0v) is 16.1. The molecule has 26 heavy (non-hydrogen) atoms. The fourth-order valence-electron chi connectivity index (χ4n) is 3.14. The van der Waals surface area contributed by atoms with Crippen LogP contribution in [-0.2, 0) is 24.2 Å². The van der Waals surface area contributed by atoms with Gasteiger partial charge in [0.1, 0.15) is 11.6 Å². The highest BCUT2D eigenvalue weighted by atomic mass is 32.2. The van der Waals surface area contributed by atoms with E-state index in [9.17, 15) is 4.79 Å². The topological polar surface area (TPSA) is 72.7 Å². The molecule has 0 atom stereocenters. The molecule has 3 aromatic rings. The van der Waals surface area contributed by atoms with E-state index in [4.69, 9.17) is 0 Å². The number of carbonyl (C=O) groups is 1. The SMILES string of the molecule is O=C(CSc1nc2ccccc2s1)NCCc1nnc2n1CCCCC2. The van der Waals surface area contributed by atoms with E-state index in [0.717, 1.165) is 45.6 Å². The number of aromatic nitrogens is 4. The van der Waals surface area contributed by atoms with Gasteiger partial charge in [0.05, 0.1) is 16.0 Å². The summed E-state index contributed by atoms with van der Waals surface area (Å²) in [4.78, 5) is 16.6. The van der Waals surface area contributed by atoms with Crippen LogP contribution < -0.4 is 5.32 Å². The minimum atomic E-state index is 0.0323. The molecule has 1 aliphatic rings. The molecule has 8 heteroatoms. The number of thiazole rings is 1. The summed E-state index contributed by atoms with van der Waals surface area (Å²) < 4.78 is 4.32. The summed E-state index contributed by atoms with van der Waals surface area (Å²) in [5.74, 6) is 2.50. The standard InChI is InChI=1S/C18H21N5OS2/c24-17(12-25-18-20-13-6-3-4-7-14(13)26-18)19-10-9-16-22-21-15-8-2-1-5-11-23(15)16/h3-4,6-7H,1-2,5,8-12H2,(H,19,24). The molecule has 0 saturated carbocycles. The first-order chi connectivity index (χ1) is 12.8. The van der Waals surface area contributed by atoms with Crippen molar-refractivity contribution < 1.29 is 4.79 Å². The number of carbonyl (C=O) groups excluding carboxylic acids is 1. The highest BCUT2D eigenvalue weighted by molar-refractivity contribution is 8.01. The smallest absolute Gasteiger partial charge is 0.230 e. The first kappa shape index (κ1) is 17.5. The third-order valence-electron chi connectivity index (χ3n) is 4.46. The van der Waals surface area contributed by atoms with Crippen molar-refractivity contribution in [1.82, 2.24) is 25.1 Å². The number of benzene rings is 1. The molecule has 0 aliphatic carbocycles. The molecule has 1 N–H and O–H groups in total. The van der Waals surface area contributed by atoms with Gasteiger partial charge in [-0.15, -0.1) is 21.5 Å². The van der Waals surface area contributed by atoms with Crippen molar-refractivity contribution >= 4 is 39.2 Å². The number of nitrogens with one attached hydrogen (secondary N) is 1. The number of rotatable bonds is 6. The molecule has 1 aromatic carbocycles. The zero-order chi connectivity index (χ0) is 17.8. The molecular formula is C18H21N5OS2. The van der Waals surface area contributed by atoms with E-state index >= 15 is 0 Å². The number of aryl methyl sites for hydroxylation is 1. The fraction of sp³-hybridized carbons (Fsp3) is 0.444. The molecule has 4 rings (SSSR count). The normalized spacial score (nSPS) is 14.2. The number of amides is 1. The average molecular weight is 388 g/mol. The first-order valence-electron chi connectivity index (χ1n) is 8.95. The molecule has 0 bridgehead atoms.